The summed E-state index contributed by atoms with van der Waals surface area (Å²) in [6.45, 7) is 2.27. The molecule has 1 aromatic carbocycles. The van der Waals surface area contributed by atoms with Crippen LogP contribution in [0.1, 0.15) is 25.3 Å². The number of hydrogen-bond acceptors (Lipinski definition) is 0. The lowest BCUT2D eigenvalue weighted by molar-refractivity contribution is 1.11. The lowest BCUT2D eigenvalue weighted by atomic mass is 10.0. The van der Waals surface area contributed by atoms with E-state index in [-0.39, 0.29) is 11.1 Å². The van der Waals surface area contributed by atoms with Crippen LogP contribution in [0.5, 0.6) is 0 Å². The van der Waals surface area contributed by atoms with E-state index in [1.165, 1.54) is 33.0 Å². The quantitative estimate of drug-likeness (QED) is 0.208. The standard InChI is InChI=1S/C30H29ClSi/c1-2-23-22-29-27(24-14-6-3-7-15-24)20-12-13-21-28(29)30(23)32(31,25-16-8-4-9-17-25)26-18-10-5-11-19-26/h3,6-22,25-26H,2,4-5H2,1H3. The molecule has 4 aliphatic carbocycles. The van der Waals surface area contributed by atoms with Crippen molar-refractivity contribution in [3.05, 3.63) is 115 Å². The Labute approximate surface area is 197 Å². The van der Waals surface area contributed by atoms with Gasteiger partial charge in [0.05, 0.1) is 0 Å². The Morgan fingerprint density at radius 1 is 0.719 bits per heavy atom. The molecular formula is C30H29ClSi. The summed E-state index contributed by atoms with van der Waals surface area (Å²) in [5.41, 5.74) is 7.14. The molecule has 0 fully saturated rings. The van der Waals surface area contributed by atoms with E-state index in [1.54, 1.807) is 0 Å². The lowest BCUT2D eigenvalue weighted by Gasteiger charge is -2.37. The normalized spacial score (nSPS) is 16.8. The topological polar surface area (TPSA) is 0 Å². The van der Waals surface area contributed by atoms with E-state index < -0.39 is 7.38 Å². The molecule has 0 radical (unpaired) electrons. The van der Waals surface area contributed by atoms with Crippen LogP contribution in [-0.2, 0) is 6.42 Å². The summed E-state index contributed by atoms with van der Waals surface area (Å²) >= 11 is 8.00. The van der Waals surface area contributed by atoms with Crippen molar-refractivity contribution < 1.29 is 0 Å². The third-order valence-electron chi connectivity index (χ3n) is 6.86. The smallest absolute Gasteiger partial charge is 0.159 e. The highest BCUT2D eigenvalue weighted by Gasteiger charge is 2.48. The van der Waals surface area contributed by atoms with Crippen molar-refractivity contribution in [1.82, 2.24) is 0 Å². The van der Waals surface area contributed by atoms with E-state index in [0.29, 0.717) is 0 Å². The van der Waals surface area contributed by atoms with Crippen LogP contribution < -0.4 is 5.19 Å². The van der Waals surface area contributed by atoms with Crippen molar-refractivity contribution in [3.8, 4) is 22.3 Å². The molecule has 1 aromatic rings. The van der Waals surface area contributed by atoms with Crippen LogP contribution in [-0.4, -0.2) is 7.38 Å². The fourth-order valence-corrected chi connectivity index (χ4v) is 11.0. The summed E-state index contributed by atoms with van der Waals surface area (Å²) < 4.78 is 0. The molecule has 0 aliphatic heterocycles. The van der Waals surface area contributed by atoms with Crippen LogP contribution in [0.3, 0.4) is 0 Å². The molecule has 0 unspecified atom stereocenters. The molecule has 0 saturated heterocycles. The van der Waals surface area contributed by atoms with Crippen molar-refractivity contribution in [3.63, 3.8) is 0 Å². The van der Waals surface area contributed by atoms with Crippen LogP contribution in [0.15, 0.2) is 109 Å². The van der Waals surface area contributed by atoms with E-state index in [9.17, 15) is 0 Å². The van der Waals surface area contributed by atoms with E-state index in [2.05, 4.69) is 116 Å². The minimum Gasteiger partial charge on any atom is -0.159 e. The highest BCUT2D eigenvalue weighted by Crippen LogP contribution is 2.47. The van der Waals surface area contributed by atoms with Gasteiger partial charge in [-0.25, -0.2) is 0 Å². The molecule has 2 heteroatoms. The van der Waals surface area contributed by atoms with E-state index in [0.717, 1.165) is 19.3 Å². The number of benzene rings is 1. The Kier molecular flexibility index (Phi) is 6.04. The maximum Gasteiger partial charge on any atom is 0.208 e. The minimum atomic E-state index is -2.54. The Morgan fingerprint density at radius 3 is 1.81 bits per heavy atom. The number of allylic oxidation sites excluding steroid dienone is 8. The maximum atomic E-state index is 8.00. The Hall–Kier alpha value is -2.61. The molecule has 0 atom stereocenters. The predicted molar refractivity (Wildman–Crippen MR) is 142 cm³/mol. The van der Waals surface area contributed by atoms with Crippen LogP contribution >= 0.6 is 11.1 Å². The van der Waals surface area contributed by atoms with Crippen molar-refractivity contribution in [2.24, 2.45) is 0 Å². The second-order valence-electron chi connectivity index (χ2n) is 8.73. The van der Waals surface area contributed by atoms with E-state index in [1.807, 2.05) is 0 Å². The average Bonchev–Trinajstić information content (AvgIpc) is 3.11. The Morgan fingerprint density at radius 2 is 1.25 bits per heavy atom. The van der Waals surface area contributed by atoms with Crippen molar-refractivity contribution in [2.75, 3.05) is 0 Å². The zero-order chi connectivity index (χ0) is 22.0. The van der Waals surface area contributed by atoms with Crippen LogP contribution in [0.2, 0.25) is 11.1 Å². The summed E-state index contributed by atoms with van der Waals surface area (Å²) in [7, 11) is -2.54. The van der Waals surface area contributed by atoms with Gasteiger partial charge in [-0.2, -0.15) is 11.1 Å². The van der Waals surface area contributed by atoms with Crippen molar-refractivity contribution in [2.45, 2.75) is 37.3 Å². The Balaban J connectivity index is 1.77. The Bertz CT molecular complexity index is 1130. The molecule has 0 nitrogen and oxygen atoms in total. The third kappa shape index (κ3) is 3.64. The summed E-state index contributed by atoms with van der Waals surface area (Å²) in [4.78, 5) is 0. The maximum absolute atomic E-state index is 8.00. The zero-order valence-electron chi connectivity index (χ0n) is 18.5. The van der Waals surface area contributed by atoms with Crippen LogP contribution in [0.25, 0.3) is 22.3 Å². The molecule has 0 heterocycles. The van der Waals surface area contributed by atoms with Crippen molar-refractivity contribution >= 4 is 23.6 Å². The number of rotatable bonds is 5. The second kappa shape index (κ2) is 9.09. The summed E-state index contributed by atoms with van der Waals surface area (Å²) in [5, 5.41) is 1.42. The monoisotopic (exact) mass is 452 g/mol. The first kappa shape index (κ1) is 21.2. The second-order valence-corrected chi connectivity index (χ2v) is 14.0. The fraction of sp³-hybridized carbons (Fsp3) is 0.200. The van der Waals surface area contributed by atoms with E-state index in [4.69, 9.17) is 11.1 Å². The molecule has 0 bridgehead atoms. The average molecular weight is 453 g/mol. The predicted octanol–water partition coefficient (Wildman–Crippen LogP) is 8.18. The summed E-state index contributed by atoms with van der Waals surface area (Å²) in [6.07, 6.45) is 21.6. The van der Waals surface area contributed by atoms with Crippen molar-refractivity contribution in [1.29, 1.82) is 0 Å². The van der Waals surface area contributed by atoms with Gasteiger partial charge >= 0.3 is 0 Å². The van der Waals surface area contributed by atoms with E-state index >= 15 is 0 Å². The molecule has 0 N–H and O–H groups in total. The fourth-order valence-electron chi connectivity index (χ4n) is 5.32. The van der Waals surface area contributed by atoms with Gasteiger partial charge in [-0.1, -0.05) is 116 Å². The highest BCUT2D eigenvalue weighted by atomic mass is 35.6. The molecule has 0 saturated carbocycles. The lowest BCUT2D eigenvalue weighted by Crippen LogP contribution is -2.51. The summed E-state index contributed by atoms with van der Waals surface area (Å²) in [6, 6.07) is 22.0. The van der Waals surface area contributed by atoms with Gasteiger partial charge in [-0.05, 0) is 52.3 Å². The largest absolute Gasteiger partial charge is 0.208 e. The van der Waals surface area contributed by atoms with Gasteiger partial charge in [0, 0.05) is 11.1 Å². The number of fused-ring (bicyclic) bond motifs is 1. The summed E-state index contributed by atoms with van der Waals surface area (Å²) in [5.74, 6) is 0. The molecule has 5 rings (SSSR count). The molecule has 32 heavy (non-hydrogen) atoms. The zero-order valence-corrected chi connectivity index (χ0v) is 20.3. The number of aryl methyl sites for hydroxylation is 1. The molecular weight excluding hydrogens is 424 g/mol. The van der Waals surface area contributed by atoms with Gasteiger partial charge in [0.1, 0.15) is 0 Å². The first-order valence-corrected chi connectivity index (χ1v) is 14.9. The van der Waals surface area contributed by atoms with Gasteiger partial charge in [0.25, 0.3) is 0 Å². The molecule has 160 valence electrons. The first-order valence-electron chi connectivity index (χ1n) is 11.7. The highest BCUT2D eigenvalue weighted by molar-refractivity contribution is 7.30. The van der Waals surface area contributed by atoms with Gasteiger partial charge in [0.15, 0.2) is 0 Å². The molecule has 0 aromatic heterocycles. The van der Waals surface area contributed by atoms with Gasteiger partial charge < -0.3 is 0 Å². The third-order valence-corrected chi connectivity index (χ3v) is 13.0. The number of hydrogen-bond donors (Lipinski definition) is 0. The molecule has 0 spiro atoms. The number of halogens is 1. The molecule has 4 aliphatic rings. The van der Waals surface area contributed by atoms with Crippen LogP contribution in [0, 0.1) is 0 Å². The SMILES string of the molecule is CCc1cc2c(-c3ccccc3)ccccc-2c1[Si](Cl)(C1C=CCC=C1)C1C=CCC=C1. The minimum absolute atomic E-state index is 0.275. The van der Waals surface area contributed by atoms with Gasteiger partial charge in [-0.15, -0.1) is 0 Å². The molecule has 0 amide bonds. The van der Waals surface area contributed by atoms with Gasteiger partial charge in [0.2, 0.25) is 7.38 Å². The van der Waals surface area contributed by atoms with Gasteiger partial charge in [-0.3, -0.25) is 0 Å². The first-order chi connectivity index (χ1) is 15.7. The van der Waals surface area contributed by atoms with Crippen LogP contribution in [0.4, 0.5) is 0 Å².